The average Bonchev–Trinajstić information content (AvgIpc) is 3.72. The Morgan fingerprint density at radius 1 is 0.189 bits per heavy atom. The number of fused-ring (bicyclic) bond motifs is 32. The van der Waals surface area contributed by atoms with Crippen LogP contribution in [0.3, 0.4) is 0 Å². The normalized spacial score (nSPS) is 50.2. The maximum atomic E-state index is 12.7. The molecular formula is C78H114N8O4. The molecule has 12 N–H and O–H groups in total. The topological polar surface area (TPSA) is 177 Å². The van der Waals surface area contributed by atoms with Gasteiger partial charge in [-0.25, -0.2) is 0 Å². The van der Waals surface area contributed by atoms with Gasteiger partial charge >= 0.3 is 0 Å². The molecule has 90 heavy (non-hydrogen) atoms. The Balaban J connectivity index is 0.666. The summed E-state index contributed by atoms with van der Waals surface area (Å²) < 4.78 is 0. The first-order valence-corrected chi connectivity index (χ1v) is 38.2. The lowest BCUT2D eigenvalue weighted by Gasteiger charge is -2.43. The second kappa shape index (κ2) is 26.0. The second-order valence-corrected chi connectivity index (χ2v) is 33.2. The van der Waals surface area contributed by atoms with Crippen molar-refractivity contribution in [2.24, 2.45) is 47.3 Å². The van der Waals surface area contributed by atoms with Crippen molar-refractivity contribution in [2.45, 2.75) is 325 Å². The molecule has 10 aliphatic heterocycles. The van der Waals surface area contributed by atoms with Gasteiger partial charge in [-0.2, -0.15) is 0 Å². The highest BCUT2D eigenvalue weighted by Gasteiger charge is 2.54. The van der Waals surface area contributed by atoms with Crippen LogP contribution in [0, 0.1) is 47.3 Å². The van der Waals surface area contributed by atoms with E-state index >= 15 is 0 Å². The van der Waals surface area contributed by atoms with Crippen molar-refractivity contribution in [3.05, 3.63) is 107 Å². The summed E-state index contributed by atoms with van der Waals surface area (Å²) >= 11 is 0. The van der Waals surface area contributed by atoms with Gasteiger partial charge in [0.15, 0.2) is 0 Å². The fourth-order valence-electron chi connectivity index (χ4n) is 25.2. The highest BCUT2D eigenvalue weighted by atomic mass is 16.3. The molecular weight excluding hydrogens is 1110 g/mol. The van der Waals surface area contributed by atoms with E-state index in [2.05, 4.69) is 127 Å². The first-order chi connectivity index (χ1) is 44.2. The lowest BCUT2D eigenvalue weighted by atomic mass is 9.72. The third kappa shape index (κ3) is 11.3. The molecule has 0 amide bonds. The van der Waals surface area contributed by atoms with E-state index < -0.39 is 0 Å². The molecule has 24 bridgehead atoms. The molecule has 3 aromatic rings. The first kappa shape index (κ1) is 60.8. The van der Waals surface area contributed by atoms with Crippen molar-refractivity contribution in [1.82, 2.24) is 42.5 Å². The Bertz CT molecular complexity index is 2550. The Hall–Kier alpha value is -2.82. The summed E-state index contributed by atoms with van der Waals surface area (Å²) in [6, 6.07) is 38.1. The van der Waals surface area contributed by atoms with Gasteiger partial charge in [0.2, 0.25) is 0 Å². The molecule has 12 heteroatoms. The van der Waals surface area contributed by atoms with Crippen molar-refractivity contribution in [3.8, 4) is 0 Å². The lowest BCUT2D eigenvalue weighted by Crippen LogP contribution is -2.54. The first-order valence-electron chi connectivity index (χ1n) is 38.2. The minimum Gasteiger partial charge on any atom is -0.392 e. The molecule has 490 valence electrons. The van der Waals surface area contributed by atoms with Gasteiger partial charge in [-0.05, 0) is 176 Å². The van der Waals surface area contributed by atoms with Crippen LogP contribution in [0.1, 0.15) is 226 Å². The van der Waals surface area contributed by atoms with E-state index in [0.29, 0.717) is 109 Å². The van der Waals surface area contributed by atoms with Crippen molar-refractivity contribution < 1.29 is 20.4 Å². The molecule has 4 aliphatic carbocycles. The minimum atomic E-state index is -0.309. The van der Waals surface area contributed by atoms with E-state index in [1.807, 2.05) is 0 Å². The molecule has 28 unspecified atom stereocenters. The minimum absolute atomic E-state index is 0.258. The van der Waals surface area contributed by atoms with Crippen LogP contribution in [-0.2, 0) is 0 Å². The number of nitrogens with one attached hydrogen (secondary N) is 8. The summed E-state index contributed by atoms with van der Waals surface area (Å²) in [7, 11) is 0. The van der Waals surface area contributed by atoms with Crippen LogP contribution in [0.25, 0.3) is 0 Å². The summed E-state index contributed by atoms with van der Waals surface area (Å²) in [4.78, 5) is 0. The average molecular weight is 1230 g/mol. The van der Waals surface area contributed by atoms with E-state index in [1.165, 1.54) is 47.9 Å². The molecule has 4 saturated carbocycles. The molecule has 17 rings (SSSR count). The van der Waals surface area contributed by atoms with Crippen LogP contribution >= 0.6 is 0 Å². The summed E-state index contributed by atoms with van der Waals surface area (Å²) in [5, 5.41) is 85.7. The molecule has 28 atom stereocenters. The third-order valence-corrected chi connectivity index (χ3v) is 29.2. The summed E-state index contributed by atoms with van der Waals surface area (Å²) in [6.45, 7) is 0. The smallest absolute Gasteiger partial charge is 0.0626 e. The van der Waals surface area contributed by atoms with Crippen LogP contribution in [-0.4, -0.2) is 142 Å². The molecule has 3 aromatic carbocycles. The summed E-state index contributed by atoms with van der Waals surface area (Å²) in [5.41, 5.74) is 5.74. The van der Waals surface area contributed by atoms with Gasteiger partial charge in [-0.3, -0.25) is 0 Å². The van der Waals surface area contributed by atoms with E-state index in [9.17, 15) is 20.4 Å². The highest BCUT2D eigenvalue weighted by Crippen LogP contribution is 2.50. The fourth-order valence-corrected chi connectivity index (χ4v) is 25.2. The molecule has 14 fully saturated rings. The van der Waals surface area contributed by atoms with E-state index in [4.69, 9.17) is 0 Å². The molecule has 0 radical (unpaired) electrons. The fraction of sp³-hybridized carbons (Fsp3) is 0.769. The van der Waals surface area contributed by atoms with Gasteiger partial charge in [0.1, 0.15) is 0 Å². The summed E-state index contributed by atoms with van der Waals surface area (Å²) in [5.74, 6) is 3.41. The zero-order valence-electron chi connectivity index (χ0n) is 54.1. The Labute approximate surface area is 539 Å². The zero-order valence-corrected chi connectivity index (χ0v) is 54.1. The van der Waals surface area contributed by atoms with Gasteiger partial charge in [-0.15, -0.1) is 0 Å². The monoisotopic (exact) mass is 1230 g/mol. The van der Waals surface area contributed by atoms with E-state index in [-0.39, 0.29) is 83.6 Å². The number of hydrogen-bond acceptors (Lipinski definition) is 12. The van der Waals surface area contributed by atoms with E-state index in [0.717, 1.165) is 154 Å². The number of rotatable bonds is 4. The van der Waals surface area contributed by atoms with Crippen LogP contribution in [0.2, 0.25) is 0 Å². The van der Waals surface area contributed by atoms with Crippen LogP contribution in [0.5, 0.6) is 0 Å². The van der Waals surface area contributed by atoms with Gasteiger partial charge in [0.05, 0.1) is 24.4 Å². The van der Waals surface area contributed by atoms with Gasteiger partial charge in [-0.1, -0.05) is 111 Å². The van der Waals surface area contributed by atoms with Crippen molar-refractivity contribution in [3.63, 3.8) is 0 Å². The summed E-state index contributed by atoms with van der Waals surface area (Å²) in [6.07, 6.45) is 30.4. The van der Waals surface area contributed by atoms with Gasteiger partial charge < -0.3 is 63.0 Å². The Morgan fingerprint density at radius 2 is 0.344 bits per heavy atom. The third-order valence-electron chi connectivity index (χ3n) is 29.2. The van der Waals surface area contributed by atoms with Gasteiger partial charge in [0.25, 0.3) is 0 Å². The van der Waals surface area contributed by atoms with Gasteiger partial charge in [0, 0.05) is 168 Å². The Morgan fingerprint density at radius 3 is 0.522 bits per heavy atom. The largest absolute Gasteiger partial charge is 0.392 e. The number of aliphatic hydroxyl groups excluding tert-OH is 4. The number of aliphatic hydroxyl groups is 4. The van der Waals surface area contributed by atoms with Crippen LogP contribution < -0.4 is 42.5 Å². The lowest BCUT2D eigenvalue weighted by molar-refractivity contribution is -0.0125. The predicted molar refractivity (Wildman–Crippen MR) is 357 cm³/mol. The van der Waals surface area contributed by atoms with Crippen molar-refractivity contribution >= 4 is 0 Å². The maximum absolute atomic E-state index is 12.7. The molecule has 12 nitrogen and oxygen atoms in total. The second-order valence-electron chi connectivity index (χ2n) is 33.2. The zero-order chi connectivity index (χ0) is 60.1. The molecule has 0 aromatic heterocycles. The van der Waals surface area contributed by atoms with Crippen LogP contribution in [0.15, 0.2) is 84.9 Å². The standard InChI is InChI=1S/C78H114N8O4/c87-75-47-15-7-19-51(75)59-31-39-67(83-59)73(68-40-32-60(84-68)52-20-8-16-48(76(52)88)56-28-36-64(80-56)71(43-11-3-1-4-12-43)63-35-27-55(47)79-63)45-23-25-46(26-24-45)74-69-41-33-61(85-69)53-21-9-17-49(77(53)89)57-29-37-65(81-57)72(44-13-5-2-6-14-44)66-38-30-58(82-66)50-18-10-22-54(78(50)90)62-34-42-70(74)86-62/h1-6,11-14,23-26,47-90H,7-10,15-22,27-42H2. The highest BCUT2D eigenvalue weighted by molar-refractivity contribution is 5.34. The quantitative estimate of drug-likeness (QED) is 0.119. The Kier molecular flexibility index (Phi) is 17.5. The predicted octanol–water partition coefficient (Wildman–Crippen LogP) is 9.52. The molecule has 10 saturated heterocycles. The van der Waals surface area contributed by atoms with Crippen molar-refractivity contribution in [2.75, 3.05) is 0 Å². The maximum Gasteiger partial charge on any atom is 0.0626 e. The van der Waals surface area contributed by atoms with Crippen molar-refractivity contribution in [1.29, 1.82) is 0 Å². The van der Waals surface area contributed by atoms with E-state index in [1.54, 1.807) is 0 Å². The molecule has 0 spiro atoms. The number of hydrogen-bond donors (Lipinski definition) is 12. The SMILES string of the molecule is OC1C2CCCC1C1CCC(N1)C(c1ccc(C3C4CCC(N4)C4CCCC(C5CCC(N5)C(c5ccccc5)C5CCC(N5)C5CCCC(C6CCC3N6)C5O)C4O)cc1)C1CCC(N1)C1CCCC(C3CCC(N3)C(c3ccccc3)C3CCC2N3)C1O. The molecule has 14 aliphatic rings. The van der Waals surface area contributed by atoms with Crippen LogP contribution in [0.4, 0.5) is 0 Å². The number of benzene rings is 3. The molecule has 10 heterocycles.